The summed E-state index contributed by atoms with van der Waals surface area (Å²) in [7, 11) is 0. The molecule has 7 nitrogen and oxygen atoms in total. The van der Waals surface area contributed by atoms with E-state index in [0.717, 1.165) is 23.4 Å². The fraction of sp³-hybridized carbons (Fsp3) is 0.421. The molecule has 0 spiro atoms. The Labute approximate surface area is 162 Å². The Morgan fingerprint density at radius 2 is 1.78 bits per heavy atom. The molecule has 2 heterocycles. The highest BCUT2D eigenvalue weighted by atomic mass is 32.2. The van der Waals surface area contributed by atoms with Gasteiger partial charge in [-0.25, -0.2) is 4.90 Å². The number of carbonyl (C=O) groups is 2. The summed E-state index contributed by atoms with van der Waals surface area (Å²) in [6.07, 6.45) is 1.73. The number of hydrogen-bond acceptors (Lipinski definition) is 6. The van der Waals surface area contributed by atoms with Crippen molar-refractivity contribution in [3.05, 3.63) is 35.7 Å². The van der Waals surface area contributed by atoms with Crippen LogP contribution in [-0.4, -0.2) is 41.4 Å². The number of anilines is 1. The van der Waals surface area contributed by atoms with E-state index in [-0.39, 0.29) is 25.0 Å². The molecule has 8 heteroatoms. The molecule has 2 aromatic rings. The average Bonchev–Trinajstić information content (AvgIpc) is 2.99. The number of ether oxygens (including phenoxy) is 1. The molecule has 0 saturated carbocycles. The van der Waals surface area contributed by atoms with Gasteiger partial charge in [-0.3, -0.25) is 14.3 Å². The van der Waals surface area contributed by atoms with Gasteiger partial charge in [-0.15, -0.1) is 0 Å². The van der Waals surface area contributed by atoms with Gasteiger partial charge in [-0.05, 0) is 37.1 Å². The number of aromatic nitrogens is 2. The maximum atomic E-state index is 12.0. The van der Waals surface area contributed by atoms with Gasteiger partial charge in [0.2, 0.25) is 0 Å². The summed E-state index contributed by atoms with van der Waals surface area (Å²) < 4.78 is 6.96. The molecular weight excluding hydrogens is 364 g/mol. The molecule has 2 amide bonds. The third-order valence-electron chi connectivity index (χ3n) is 4.35. The highest BCUT2D eigenvalue weighted by molar-refractivity contribution is 7.99. The van der Waals surface area contributed by atoms with Crippen molar-refractivity contribution in [3.63, 3.8) is 0 Å². The Bertz CT molecular complexity index is 816. The first-order chi connectivity index (χ1) is 13.1. The zero-order valence-corrected chi connectivity index (χ0v) is 16.4. The van der Waals surface area contributed by atoms with Crippen molar-refractivity contribution < 1.29 is 14.3 Å². The van der Waals surface area contributed by atoms with Crippen LogP contribution in [0.15, 0.2) is 34.1 Å². The minimum absolute atomic E-state index is 0.0672. The zero-order valence-electron chi connectivity index (χ0n) is 15.6. The molecule has 1 aliphatic rings. The Balaban J connectivity index is 1.85. The number of benzene rings is 1. The summed E-state index contributed by atoms with van der Waals surface area (Å²) in [5, 5.41) is 4.70. The van der Waals surface area contributed by atoms with Gasteiger partial charge in [0, 0.05) is 11.4 Å². The van der Waals surface area contributed by atoms with E-state index in [1.165, 1.54) is 15.5 Å². The van der Waals surface area contributed by atoms with Crippen LogP contribution in [0.1, 0.15) is 25.2 Å². The van der Waals surface area contributed by atoms with Gasteiger partial charge in [-0.2, -0.15) is 5.10 Å². The quantitative estimate of drug-likeness (QED) is 0.730. The fourth-order valence-electron chi connectivity index (χ4n) is 3.10. The first-order valence-electron chi connectivity index (χ1n) is 9.09. The van der Waals surface area contributed by atoms with Crippen LogP contribution in [-0.2, 0) is 33.7 Å². The van der Waals surface area contributed by atoms with Gasteiger partial charge in [0.15, 0.2) is 0 Å². The number of nitrogens with zero attached hydrogens (tertiary/aromatic N) is 3. The van der Waals surface area contributed by atoms with Crippen molar-refractivity contribution in [2.24, 2.45) is 5.73 Å². The van der Waals surface area contributed by atoms with Crippen molar-refractivity contribution in [1.82, 2.24) is 9.78 Å². The summed E-state index contributed by atoms with van der Waals surface area (Å²) in [5.74, 6) is -0.674. The molecule has 0 bridgehead atoms. The summed E-state index contributed by atoms with van der Waals surface area (Å²) in [5.41, 5.74) is 8.53. The van der Waals surface area contributed by atoms with Crippen LogP contribution in [0.5, 0.6) is 0 Å². The van der Waals surface area contributed by atoms with E-state index >= 15 is 0 Å². The number of aryl methyl sites for hydroxylation is 1. The Hall–Kier alpha value is -2.16. The fourth-order valence-corrected chi connectivity index (χ4v) is 4.28. The minimum Gasteiger partial charge on any atom is -0.362 e. The van der Waals surface area contributed by atoms with Crippen LogP contribution in [0.2, 0.25) is 0 Å². The first kappa shape index (κ1) is 19.6. The lowest BCUT2D eigenvalue weighted by molar-refractivity contribution is -0.138. The van der Waals surface area contributed by atoms with Crippen LogP contribution < -0.4 is 10.6 Å². The maximum absolute atomic E-state index is 12.0. The molecule has 1 fully saturated rings. The van der Waals surface area contributed by atoms with Gasteiger partial charge in [-0.1, -0.05) is 25.6 Å². The molecule has 1 saturated heterocycles. The minimum atomic E-state index is -0.337. The lowest BCUT2D eigenvalue weighted by Gasteiger charge is -2.24. The van der Waals surface area contributed by atoms with Gasteiger partial charge in [0.05, 0.1) is 28.5 Å². The third kappa shape index (κ3) is 4.07. The van der Waals surface area contributed by atoms with Crippen LogP contribution in [0.25, 0.3) is 0 Å². The highest BCUT2D eigenvalue weighted by Crippen LogP contribution is 2.35. The lowest BCUT2D eigenvalue weighted by Crippen LogP contribution is -2.46. The molecular formula is C19H24N4O3S. The molecule has 2 N–H and O–H groups in total. The van der Waals surface area contributed by atoms with E-state index in [4.69, 9.17) is 15.6 Å². The number of morpholine rings is 1. The molecule has 27 heavy (non-hydrogen) atoms. The maximum Gasteiger partial charge on any atom is 0.259 e. The molecule has 1 aromatic heterocycles. The molecule has 144 valence electrons. The summed E-state index contributed by atoms with van der Waals surface area (Å²) in [6, 6.07) is 7.44. The Kier molecular flexibility index (Phi) is 6.30. The average molecular weight is 388 g/mol. The predicted octanol–water partition coefficient (Wildman–Crippen LogP) is 2.01. The van der Waals surface area contributed by atoms with E-state index in [1.54, 1.807) is 23.9 Å². The highest BCUT2D eigenvalue weighted by Gasteiger charge is 2.28. The molecule has 1 aliphatic heterocycles. The molecule has 0 aliphatic carbocycles. The topological polar surface area (TPSA) is 90.5 Å². The number of imide groups is 1. The van der Waals surface area contributed by atoms with Crippen molar-refractivity contribution in [2.75, 3.05) is 24.7 Å². The van der Waals surface area contributed by atoms with Gasteiger partial charge in [0.1, 0.15) is 13.2 Å². The van der Waals surface area contributed by atoms with Crippen molar-refractivity contribution in [3.8, 4) is 0 Å². The molecule has 0 radical (unpaired) electrons. The molecule has 0 unspecified atom stereocenters. The predicted molar refractivity (Wildman–Crippen MR) is 104 cm³/mol. The van der Waals surface area contributed by atoms with E-state index in [1.807, 2.05) is 16.8 Å². The van der Waals surface area contributed by atoms with Gasteiger partial charge < -0.3 is 10.5 Å². The van der Waals surface area contributed by atoms with E-state index in [0.29, 0.717) is 18.8 Å². The van der Waals surface area contributed by atoms with Crippen LogP contribution in [0.4, 0.5) is 5.69 Å². The summed E-state index contributed by atoms with van der Waals surface area (Å²) in [4.78, 5) is 27.3. The molecule has 1 aromatic carbocycles. The largest absolute Gasteiger partial charge is 0.362 e. The second kappa shape index (κ2) is 8.69. The SMILES string of the molecule is CCc1nn(CCN)c(CC)c1Sc1ccc(N2C(=O)COCC2=O)cc1. The number of nitrogens with two attached hydrogens (primary N) is 1. The zero-order chi connectivity index (χ0) is 19.4. The Morgan fingerprint density at radius 3 is 2.33 bits per heavy atom. The van der Waals surface area contributed by atoms with Crippen LogP contribution in [0, 0.1) is 0 Å². The second-order valence-corrected chi connectivity index (χ2v) is 7.24. The van der Waals surface area contributed by atoms with E-state index in [9.17, 15) is 9.59 Å². The van der Waals surface area contributed by atoms with Crippen molar-refractivity contribution >= 4 is 29.3 Å². The van der Waals surface area contributed by atoms with Crippen molar-refractivity contribution in [1.29, 1.82) is 0 Å². The lowest BCUT2D eigenvalue weighted by atomic mass is 10.2. The van der Waals surface area contributed by atoms with Gasteiger partial charge in [0.25, 0.3) is 11.8 Å². The van der Waals surface area contributed by atoms with E-state index in [2.05, 4.69) is 13.8 Å². The van der Waals surface area contributed by atoms with Crippen molar-refractivity contribution in [2.45, 2.75) is 43.0 Å². The summed E-state index contributed by atoms with van der Waals surface area (Å²) in [6.45, 7) is 5.34. The standard InChI is InChI=1S/C19H24N4O3S/c1-3-15-19(16(4-2)22(21-15)10-9-20)27-14-7-5-13(6-8-14)23-17(24)11-26-12-18(23)25/h5-8H,3-4,9-12,20H2,1-2H3. The molecule has 3 rings (SSSR count). The van der Waals surface area contributed by atoms with Gasteiger partial charge >= 0.3 is 0 Å². The third-order valence-corrected chi connectivity index (χ3v) is 5.54. The number of carbonyl (C=O) groups excluding carboxylic acids is 2. The number of rotatable bonds is 7. The molecule has 0 atom stereocenters. The smallest absolute Gasteiger partial charge is 0.259 e. The first-order valence-corrected chi connectivity index (χ1v) is 9.90. The van der Waals surface area contributed by atoms with E-state index < -0.39 is 0 Å². The monoisotopic (exact) mass is 388 g/mol. The number of hydrogen-bond donors (Lipinski definition) is 1. The van der Waals surface area contributed by atoms with Crippen LogP contribution in [0.3, 0.4) is 0 Å². The summed E-state index contributed by atoms with van der Waals surface area (Å²) >= 11 is 1.66. The normalized spacial score (nSPS) is 14.9. The Morgan fingerprint density at radius 1 is 1.11 bits per heavy atom. The van der Waals surface area contributed by atoms with Crippen LogP contribution >= 0.6 is 11.8 Å². The second-order valence-electron chi connectivity index (χ2n) is 6.15. The number of amides is 2.